The molecule has 4 heteroatoms. The van der Waals surface area contributed by atoms with Crippen molar-refractivity contribution in [3.05, 3.63) is 0 Å². The first-order valence-electron chi connectivity index (χ1n) is 10.9. The van der Waals surface area contributed by atoms with Gasteiger partial charge in [-0.2, -0.15) is 0 Å². The van der Waals surface area contributed by atoms with Crippen molar-refractivity contribution in [1.82, 2.24) is 14.7 Å². The molecule has 0 amide bonds. The van der Waals surface area contributed by atoms with Crippen molar-refractivity contribution in [2.75, 3.05) is 59.9 Å². The van der Waals surface area contributed by atoms with Crippen LogP contribution in [-0.2, 0) is 4.74 Å². The number of piperidine rings is 2. The smallest absolute Gasteiger partial charge is 0.0603 e. The van der Waals surface area contributed by atoms with Crippen molar-refractivity contribution in [1.29, 1.82) is 0 Å². The molecule has 1 aliphatic carbocycles. The number of ether oxygens (including phenoxy) is 1. The zero-order valence-corrected chi connectivity index (χ0v) is 16.6. The molecule has 4 nitrogen and oxygen atoms in total. The zero-order valence-electron chi connectivity index (χ0n) is 16.6. The van der Waals surface area contributed by atoms with Crippen molar-refractivity contribution in [3.8, 4) is 0 Å². The molecular formula is C21H39N3O. The molecule has 0 aromatic rings. The quantitative estimate of drug-likeness (QED) is 0.777. The summed E-state index contributed by atoms with van der Waals surface area (Å²) in [5, 5.41) is 0. The third kappa shape index (κ3) is 4.58. The van der Waals surface area contributed by atoms with Crippen LogP contribution in [0.5, 0.6) is 0 Å². The fourth-order valence-electron chi connectivity index (χ4n) is 5.83. The molecule has 144 valence electrons. The number of likely N-dealkylation sites (tertiary alicyclic amines) is 3. The molecule has 0 radical (unpaired) electrons. The van der Waals surface area contributed by atoms with E-state index >= 15 is 0 Å². The largest absolute Gasteiger partial charge is 0.375 e. The van der Waals surface area contributed by atoms with Crippen LogP contribution in [-0.4, -0.2) is 86.8 Å². The van der Waals surface area contributed by atoms with Gasteiger partial charge < -0.3 is 19.4 Å². The molecule has 0 aromatic carbocycles. The maximum absolute atomic E-state index is 6.43. The van der Waals surface area contributed by atoms with Crippen molar-refractivity contribution >= 4 is 0 Å². The van der Waals surface area contributed by atoms with Gasteiger partial charge in [-0.1, -0.05) is 0 Å². The van der Waals surface area contributed by atoms with Gasteiger partial charge in [-0.25, -0.2) is 0 Å². The molecule has 4 fully saturated rings. The van der Waals surface area contributed by atoms with E-state index in [1.807, 2.05) is 0 Å². The minimum absolute atomic E-state index is 0.539. The third-order valence-electron chi connectivity index (χ3n) is 7.49. The zero-order chi connectivity index (χ0) is 17.3. The van der Waals surface area contributed by atoms with Gasteiger partial charge >= 0.3 is 0 Å². The van der Waals surface area contributed by atoms with Crippen molar-refractivity contribution in [3.63, 3.8) is 0 Å². The number of rotatable bonds is 4. The van der Waals surface area contributed by atoms with Gasteiger partial charge in [0.25, 0.3) is 0 Å². The predicted molar refractivity (Wildman–Crippen MR) is 103 cm³/mol. The summed E-state index contributed by atoms with van der Waals surface area (Å²) in [6, 6.07) is 0. The highest BCUT2D eigenvalue weighted by Gasteiger charge is 2.43. The Morgan fingerprint density at radius 2 is 1.36 bits per heavy atom. The topological polar surface area (TPSA) is 19.0 Å². The Balaban J connectivity index is 1.13. The van der Waals surface area contributed by atoms with E-state index in [9.17, 15) is 0 Å². The lowest BCUT2D eigenvalue weighted by Crippen LogP contribution is -2.59. The predicted octanol–water partition coefficient (Wildman–Crippen LogP) is 2.68. The number of nitrogens with zero attached hydrogens (tertiary/aromatic N) is 3. The van der Waals surface area contributed by atoms with Crippen molar-refractivity contribution < 1.29 is 4.74 Å². The molecule has 0 atom stereocenters. The molecule has 0 N–H and O–H groups in total. The molecule has 3 aliphatic heterocycles. The van der Waals surface area contributed by atoms with Gasteiger partial charge in [-0.15, -0.1) is 0 Å². The fraction of sp³-hybridized carbons (Fsp3) is 1.00. The van der Waals surface area contributed by atoms with Gasteiger partial charge in [0.1, 0.15) is 0 Å². The van der Waals surface area contributed by atoms with Gasteiger partial charge in [0.05, 0.1) is 12.2 Å². The van der Waals surface area contributed by atoms with E-state index in [1.54, 1.807) is 0 Å². The van der Waals surface area contributed by atoms with E-state index in [1.165, 1.54) is 97.2 Å². The summed E-state index contributed by atoms with van der Waals surface area (Å²) in [7, 11) is 4.50. The summed E-state index contributed by atoms with van der Waals surface area (Å²) in [4.78, 5) is 7.69. The van der Waals surface area contributed by atoms with E-state index in [4.69, 9.17) is 4.74 Å². The SMILES string of the molecule is CN1CCC(O[C@H]2CC[C@H](CN3CCC4(CC3)CN(C)C4)CC2)CC1. The van der Waals surface area contributed by atoms with E-state index in [0.717, 1.165) is 5.92 Å². The average Bonchev–Trinajstić information content (AvgIpc) is 2.59. The minimum Gasteiger partial charge on any atom is -0.375 e. The molecule has 3 saturated heterocycles. The molecule has 0 aromatic heterocycles. The van der Waals surface area contributed by atoms with Gasteiger partial charge in [-0.3, -0.25) is 0 Å². The van der Waals surface area contributed by atoms with E-state index in [0.29, 0.717) is 17.6 Å². The minimum atomic E-state index is 0.539. The molecular weight excluding hydrogens is 310 g/mol. The second kappa shape index (κ2) is 7.84. The second-order valence-electron chi connectivity index (χ2n) is 9.75. The molecule has 4 rings (SSSR count). The highest BCUT2D eigenvalue weighted by molar-refractivity contribution is 4.97. The first-order valence-corrected chi connectivity index (χ1v) is 10.9. The molecule has 4 aliphatic rings. The lowest BCUT2D eigenvalue weighted by molar-refractivity contribution is -0.0632. The van der Waals surface area contributed by atoms with Gasteiger partial charge in [0.15, 0.2) is 0 Å². The first kappa shape index (κ1) is 18.2. The maximum atomic E-state index is 6.43. The van der Waals surface area contributed by atoms with E-state index in [-0.39, 0.29) is 0 Å². The lowest BCUT2D eigenvalue weighted by atomic mass is 9.72. The Morgan fingerprint density at radius 3 is 1.96 bits per heavy atom. The summed E-state index contributed by atoms with van der Waals surface area (Å²) in [6.07, 6.45) is 11.8. The van der Waals surface area contributed by atoms with Crippen LogP contribution in [0.1, 0.15) is 51.4 Å². The Hall–Kier alpha value is -0.160. The normalized spacial score (nSPS) is 35.8. The van der Waals surface area contributed by atoms with Crippen LogP contribution in [0, 0.1) is 11.3 Å². The Kier molecular flexibility index (Phi) is 5.71. The van der Waals surface area contributed by atoms with Gasteiger partial charge in [-0.05, 0) is 89.9 Å². The average molecular weight is 350 g/mol. The van der Waals surface area contributed by atoms with Crippen LogP contribution in [0.3, 0.4) is 0 Å². The van der Waals surface area contributed by atoms with E-state index in [2.05, 4.69) is 28.8 Å². The molecule has 1 saturated carbocycles. The van der Waals surface area contributed by atoms with Gasteiger partial charge in [0.2, 0.25) is 0 Å². The molecule has 3 heterocycles. The van der Waals surface area contributed by atoms with Crippen LogP contribution in [0.4, 0.5) is 0 Å². The molecule has 0 bridgehead atoms. The summed E-state index contributed by atoms with van der Waals surface area (Å²) in [5.41, 5.74) is 0.699. The summed E-state index contributed by atoms with van der Waals surface area (Å²) < 4.78 is 6.43. The Labute approximate surface area is 154 Å². The number of hydrogen-bond acceptors (Lipinski definition) is 4. The van der Waals surface area contributed by atoms with Crippen LogP contribution >= 0.6 is 0 Å². The van der Waals surface area contributed by atoms with Gasteiger partial charge in [0, 0.05) is 32.7 Å². The maximum Gasteiger partial charge on any atom is 0.0603 e. The molecule has 1 spiro atoms. The van der Waals surface area contributed by atoms with Crippen molar-refractivity contribution in [2.45, 2.75) is 63.6 Å². The molecule has 0 unspecified atom stereocenters. The summed E-state index contributed by atoms with van der Waals surface area (Å²) >= 11 is 0. The summed E-state index contributed by atoms with van der Waals surface area (Å²) in [5.74, 6) is 0.926. The Morgan fingerprint density at radius 1 is 0.760 bits per heavy atom. The standard InChI is InChI=1S/C21H39N3O/c1-22-11-7-20(8-12-22)25-19-5-3-18(4-6-19)15-24-13-9-21(10-14-24)16-23(2)17-21/h18-20H,3-17H2,1-2H3/t18-,19-. The number of hydrogen-bond donors (Lipinski definition) is 0. The van der Waals surface area contributed by atoms with Crippen molar-refractivity contribution in [2.24, 2.45) is 11.3 Å². The van der Waals surface area contributed by atoms with Crippen LogP contribution in [0.15, 0.2) is 0 Å². The first-order chi connectivity index (χ1) is 12.1. The van der Waals surface area contributed by atoms with Crippen LogP contribution in [0.25, 0.3) is 0 Å². The monoisotopic (exact) mass is 349 g/mol. The van der Waals surface area contributed by atoms with E-state index < -0.39 is 0 Å². The van der Waals surface area contributed by atoms with Crippen LogP contribution < -0.4 is 0 Å². The fourth-order valence-corrected chi connectivity index (χ4v) is 5.83. The third-order valence-corrected chi connectivity index (χ3v) is 7.49. The lowest BCUT2D eigenvalue weighted by Gasteiger charge is -2.53. The van der Waals surface area contributed by atoms with Crippen LogP contribution in [0.2, 0.25) is 0 Å². The summed E-state index contributed by atoms with van der Waals surface area (Å²) in [6.45, 7) is 9.17. The Bertz CT molecular complexity index is 411. The molecule has 25 heavy (non-hydrogen) atoms. The highest BCUT2D eigenvalue weighted by atomic mass is 16.5. The second-order valence-corrected chi connectivity index (χ2v) is 9.75. The highest BCUT2D eigenvalue weighted by Crippen LogP contribution is 2.40.